The Hall–Kier alpha value is -1.55. The van der Waals surface area contributed by atoms with Crippen molar-refractivity contribution < 1.29 is 23.2 Å². The van der Waals surface area contributed by atoms with Gasteiger partial charge in [0.2, 0.25) is 0 Å². The summed E-state index contributed by atoms with van der Waals surface area (Å²) >= 11 is 0.700. The van der Waals surface area contributed by atoms with Crippen molar-refractivity contribution >= 4 is 0 Å². The summed E-state index contributed by atoms with van der Waals surface area (Å²) in [5, 5.41) is 25.0. The van der Waals surface area contributed by atoms with Crippen LogP contribution in [0.2, 0.25) is 0 Å². The Bertz CT molecular complexity index is 70.4. The monoisotopic (exact) mass is 218 g/mol. The van der Waals surface area contributed by atoms with Crippen molar-refractivity contribution in [2.45, 2.75) is 0 Å². The summed E-state index contributed by atoms with van der Waals surface area (Å²) in [6, 6.07) is 0. The van der Waals surface area contributed by atoms with Crippen molar-refractivity contribution in [2.75, 3.05) is 0 Å². The SMILES string of the molecule is [C-]#N.[C-]#N.[C-]#N.[C-]#N.[O]=[Mo+4]. The van der Waals surface area contributed by atoms with Crippen LogP contribution in [0.4, 0.5) is 0 Å². The van der Waals surface area contributed by atoms with Gasteiger partial charge in [0.15, 0.2) is 0 Å². The molecule has 0 aromatic rings. The Morgan fingerprint density at radius 1 is 0.600 bits per heavy atom. The Balaban J connectivity index is -0.0000000104. The van der Waals surface area contributed by atoms with Crippen LogP contribution >= 0.6 is 0 Å². The van der Waals surface area contributed by atoms with Crippen LogP contribution in [0.25, 0.3) is 0 Å². The molecule has 0 saturated heterocycles. The van der Waals surface area contributed by atoms with Gasteiger partial charge in [0.25, 0.3) is 0 Å². The summed E-state index contributed by atoms with van der Waals surface area (Å²) in [4.78, 5) is 0. The molecule has 0 amide bonds. The molecule has 0 aliphatic rings. The van der Waals surface area contributed by atoms with Gasteiger partial charge in [-0.15, -0.1) is 0 Å². The molecule has 0 aromatic heterocycles. The van der Waals surface area contributed by atoms with Crippen LogP contribution < -0.4 is 0 Å². The third-order valence-electron chi connectivity index (χ3n) is 0. The van der Waals surface area contributed by atoms with Gasteiger partial charge in [0.1, 0.15) is 0 Å². The van der Waals surface area contributed by atoms with Crippen molar-refractivity contribution in [3.63, 3.8) is 0 Å². The second-order valence-electron chi connectivity index (χ2n) is 0. The summed E-state index contributed by atoms with van der Waals surface area (Å²) < 4.78 is 8.26. The molecule has 0 N–H and O–H groups in total. The van der Waals surface area contributed by atoms with E-state index < -0.39 is 0 Å². The van der Waals surface area contributed by atoms with Crippen LogP contribution in [0.1, 0.15) is 0 Å². The predicted octanol–water partition coefficient (Wildman–Crippen LogP) is 0.264. The third-order valence-corrected chi connectivity index (χ3v) is 0. The van der Waals surface area contributed by atoms with E-state index in [4.69, 9.17) is 50.7 Å². The van der Waals surface area contributed by atoms with Gasteiger partial charge in [-0.25, -0.2) is 0 Å². The average molecular weight is 216 g/mol. The topological polar surface area (TPSA) is 112 Å². The fraction of sp³-hybridized carbons (Fsp3) is 0. The first kappa shape index (κ1) is 39.4. The minimum atomic E-state index is 0.700. The van der Waals surface area contributed by atoms with E-state index in [0.717, 1.165) is 0 Å². The van der Waals surface area contributed by atoms with Crippen molar-refractivity contribution in [1.29, 1.82) is 21.0 Å². The zero-order chi connectivity index (χ0) is 10.0. The summed E-state index contributed by atoms with van der Waals surface area (Å²) in [6.07, 6.45) is 0. The van der Waals surface area contributed by atoms with Crippen LogP contribution in [-0.2, 0) is 23.2 Å². The Kier molecular flexibility index (Phi) is 507. The Morgan fingerprint density at radius 2 is 0.600 bits per heavy atom. The second-order valence-corrected chi connectivity index (χ2v) is 0. The Morgan fingerprint density at radius 3 is 0.600 bits per heavy atom. The van der Waals surface area contributed by atoms with E-state index in [1.165, 1.54) is 0 Å². The molecule has 0 atom stereocenters. The number of nitrogens with zero attached hydrogens (tertiary/aromatic N) is 4. The van der Waals surface area contributed by atoms with E-state index in [1.807, 2.05) is 0 Å². The van der Waals surface area contributed by atoms with Crippen LogP contribution in [0.5, 0.6) is 0 Å². The van der Waals surface area contributed by atoms with E-state index in [-0.39, 0.29) is 0 Å². The molecule has 0 aromatic carbocycles. The molecular formula is C4MoN4O. The zero-order valence-corrected chi connectivity index (χ0v) is 6.61. The maximum atomic E-state index is 8.26. The average Bonchev–Trinajstić information content (AvgIpc) is 2.20. The molecule has 0 spiro atoms. The van der Waals surface area contributed by atoms with E-state index in [1.54, 1.807) is 0 Å². The molecule has 0 aliphatic carbocycles. The fourth-order valence-corrected chi connectivity index (χ4v) is 0. The van der Waals surface area contributed by atoms with Gasteiger partial charge in [0.05, 0.1) is 0 Å². The summed E-state index contributed by atoms with van der Waals surface area (Å²) in [7, 11) is 0. The molecule has 0 saturated carbocycles. The van der Waals surface area contributed by atoms with Gasteiger partial charge >= 0.3 is 23.2 Å². The molecule has 0 radical (unpaired) electrons. The molecule has 10 heavy (non-hydrogen) atoms. The van der Waals surface area contributed by atoms with E-state index in [0.29, 0.717) is 19.8 Å². The van der Waals surface area contributed by atoms with Crippen LogP contribution in [-0.4, -0.2) is 0 Å². The van der Waals surface area contributed by atoms with Crippen LogP contribution in [0.15, 0.2) is 0 Å². The van der Waals surface area contributed by atoms with E-state index in [9.17, 15) is 0 Å². The van der Waals surface area contributed by atoms with E-state index in [2.05, 4.69) is 0 Å². The molecular weight excluding hydrogens is 216 g/mol. The van der Waals surface area contributed by atoms with Gasteiger partial charge in [-0.2, -0.15) is 0 Å². The molecule has 0 rings (SSSR count). The normalized spacial score (nSPS) is 1.40. The summed E-state index contributed by atoms with van der Waals surface area (Å²) in [6.45, 7) is 19.0. The fourth-order valence-electron chi connectivity index (χ4n) is 0. The molecule has 0 unspecified atom stereocenters. The summed E-state index contributed by atoms with van der Waals surface area (Å²) in [5.74, 6) is 0. The number of hydrogen-bond acceptors (Lipinski definition) is 5. The van der Waals surface area contributed by atoms with Crippen LogP contribution in [0.3, 0.4) is 0 Å². The third kappa shape index (κ3) is 79.5. The molecule has 0 fully saturated rings. The summed E-state index contributed by atoms with van der Waals surface area (Å²) in [5.41, 5.74) is 0. The minimum absolute atomic E-state index is 0.700. The number of hydrogen-bond donors (Lipinski definition) is 0. The van der Waals surface area contributed by atoms with Crippen molar-refractivity contribution in [3.05, 3.63) is 26.3 Å². The van der Waals surface area contributed by atoms with E-state index >= 15 is 0 Å². The van der Waals surface area contributed by atoms with Crippen molar-refractivity contribution in [2.24, 2.45) is 0 Å². The first-order chi connectivity index (χ1) is 5.00. The predicted molar refractivity (Wildman–Crippen MR) is 20.6 cm³/mol. The van der Waals surface area contributed by atoms with Crippen molar-refractivity contribution in [1.82, 2.24) is 0 Å². The first-order valence-electron chi connectivity index (χ1n) is 1.06. The standard InChI is InChI=1S/4CN.Mo.O/c4*1-2;;/q4*-1;+4;. The van der Waals surface area contributed by atoms with Crippen molar-refractivity contribution in [3.8, 4) is 0 Å². The van der Waals surface area contributed by atoms with Gasteiger partial charge in [0, 0.05) is 0 Å². The zero-order valence-electron chi connectivity index (χ0n) is 4.61. The quantitative estimate of drug-likeness (QED) is 0.425. The molecule has 6 heteroatoms. The first-order valence-corrected chi connectivity index (χ1v) is 1.88. The molecule has 0 aliphatic heterocycles. The molecule has 0 bridgehead atoms. The van der Waals surface area contributed by atoms with Crippen LogP contribution in [0, 0.1) is 47.3 Å². The van der Waals surface area contributed by atoms with Gasteiger partial charge in [-0.3, -0.25) is 0 Å². The van der Waals surface area contributed by atoms with Gasteiger partial charge in [-0.1, -0.05) is 0 Å². The maximum absolute atomic E-state index is 8.26. The molecule has 5 nitrogen and oxygen atoms in total. The molecule has 48 valence electrons. The second kappa shape index (κ2) is 129. The Labute approximate surface area is 70.9 Å². The van der Waals surface area contributed by atoms with Gasteiger partial charge < -0.3 is 47.3 Å². The molecule has 0 heterocycles. The number of rotatable bonds is 0. The van der Waals surface area contributed by atoms with Gasteiger partial charge in [-0.05, 0) is 0 Å².